The van der Waals surface area contributed by atoms with E-state index in [1.807, 2.05) is 25.2 Å². The number of anilines is 2. The lowest BCUT2D eigenvalue weighted by atomic mass is 10.2. The summed E-state index contributed by atoms with van der Waals surface area (Å²) in [7, 11) is 3.75. The zero-order chi connectivity index (χ0) is 11.4. The van der Waals surface area contributed by atoms with Gasteiger partial charge in [0, 0.05) is 30.4 Å². The highest BCUT2D eigenvalue weighted by Crippen LogP contribution is 2.28. The monoisotopic (exact) mass is 272 g/mol. The molecule has 1 rings (SSSR count). The number of benzene rings is 1. The van der Waals surface area contributed by atoms with Crippen molar-refractivity contribution in [3.05, 3.63) is 22.7 Å². The van der Waals surface area contributed by atoms with Gasteiger partial charge in [0.2, 0.25) is 0 Å². The molecule has 0 aliphatic rings. The number of halogens is 1. The molecule has 1 aromatic rings. The van der Waals surface area contributed by atoms with Gasteiger partial charge < -0.3 is 15.4 Å². The molecule has 0 aliphatic heterocycles. The second-order valence-electron chi connectivity index (χ2n) is 3.63. The molecule has 0 bridgehead atoms. The van der Waals surface area contributed by atoms with Crippen LogP contribution < -0.4 is 10.6 Å². The molecule has 0 amide bonds. The van der Waals surface area contributed by atoms with E-state index < -0.39 is 0 Å². The number of hydrogen-bond donors (Lipinski definition) is 1. The minimum absolute atomic E-state index is 0.329. The molecule has 0 saturated heterocycles. The van der Waals surface area contributed by atoms with Crippen LogP contribution >= 0.6 is 15.9 Å². The number of likely N-dealkylation sites (N-methyl/N-ethyl adjacent to an activating group) is 1. The highest BCUT2D eigenvalue weighted by atomic mass is 79.9. The third kappa shape index (κ3) is 3.11. The summed E-state index contributed by atoms with van der Waals surface area (Å²) in [5.74, 6) is 0. The average Bonchev–Trinajstić information content (AvgIpc) is 2.17. The van der Waals surface area contributed by atoms with Crippen LogP contribution in [0.25, 0.3) is 0 Å². The summed E-state index contributed by atoms with van der Waals surface area (Å²) in [6.45, 7) is 2.82. The molecule has 4 heteroatoms. The number of nitrogen functional groups attached to an aromatic ring is 1. The standard InChI is InChI=1S/C11H17BrN2O/c1-8(7-15-3)14(2)11-5-4-9(13)6-10(11)12/h4-6,8H,7,13H2,1-3H3. The number of nitrogens with two attached hydrogens (primary N) is 1. The Morgan fingerprint density at radius 3 is 2.73 bits per heavy atom. The molecule has 0 radical (unpaired) electrons. The Kier molecular flexibility index (Phi) is 4.42. The molecule has 1 atom stereocenters. The van der Waals surface area contributed by atoms with Crippen LogP contribution in [0.5, 0.6) is 0 Å². The second kappa shape index (κ2) is 5.37. The lowest BCUT2D eigenvalue weighted by Crippen LogP contribution is -2.32. The fourth-order valence-corrected chi connectivity index (χ4v) is 2.08. The van der Waals surface area contributed by atoms with Gasteiger partial charge in [-0.05, 0) is 41.1 Å². The van der Waals surface area contributed by atoms with E-state index >= 15 is 0 Å². The summed E-state index contributed by atoms with van der Waals surface area (Å²) in [6.07, 6.45) is 0. The summed E-state index contributed by atoms with van der Waals surface area (Å²) in [4.78, 5) is 2.16. The maximum Gasteiger partial charge on any atom is 0.0663 e. The van der Waals surface area contributed by atoms with Crippen molar-refractivity contribution in [2.45, 2.75) is 13.0 Å². The molecule has 0 spiro atoms. The minimum atomic E-state index is 0.329. The van der Waals surface area contributed by atoms with Crippen LogP contribution in [0, 0.1) is 0 Å². The first-order valence-corrected chi connectivity index (χ1v) is 5.62. The van der Waals surface area contributed by atoms with Gasteiger partial charge in [-0.25, -0.2) is 0 Å². The predicted molar refractivity (Wildman–Crippen MR) is 68.3 cm³/mol. The summed E-state index contributed by atoms with van der Waals surface area (Å²) >= 11 is 3.50. The number of methoxy groups -OCH3 is 1. The minimum Gasteiger partial charge on any atom is -0.399 e. The molecule has 3 nitrogen and oxygen atoms in total. The van der Waals surface area contributed by atoms with Crippen molar-refractivity contribution in [1.82, 2.24) is 0 Å². The van der Waals surface area contributed by atoms with E-state index in [0.717, 1.165) is 15.8 Å². The lowest BCUT2D eigenvalue weighted by molar-refractivity contribution is 0.183. The van der Waals surface area contributed by atoms with Gasteiger partial charge in [-0.3, -0.25) is 0 Å². The fourth-order valence-electron chi connectivity index (χ4n) is 1.40. The SMILES string of the molecule is COCC(C)N(C)c1ccc(N)cc1Br. The highest BCUT2D eigenvalue weighted by Gasteiger charge is 2.12. The smallest absolute Gasteiger partial charge is 0.0663 e. The van der Waals surface area contributed by atoms with Gasteiger partial charge in [0.25, 0.3) is 0 Å². The fraction of sp³-hybridized carbons (Fsp3) is 0.455. The van der Waals surface area contributed by atoms with Crippen molar-refractivity contribution in [2.24, 2.45) is 0 Å². The largest absolute Gasteiger partial charge is 0.399 e. The van der Waals surface area contributed by atoms with Gasteiger partial charge in [-0.1, -0.05) is 0 Å². The van der Waals surface area contributed by atoms with Crippen molar-refractivity contribution in [3.8, 4) is 0 Å². The van der Waals surface area contributed by atoms with E-state index in [-0.39, 0.29) is 0 Å². The van der Waals surface area contributed by atoms with Crippen LogP contribution in [0.1, 0.15) is 6.92 Å². The topological polar surface area (TPSA) is 38.5 Å². The Morgan fingerprint density at radius 1 is 1.53 bits per heavy atom. The third-order valence-electron chi connectivity index (χ3n) is 2.42. The molecule has 15 heavy (non-hydrogen) atoms. The van der Waals surface area contributed by atoms with Gasteiger partial charge in [0.15, 0.2) is 0 Å². The van der Waals surface area contributed by atoms with E-state index in [1.54, 1.807) is 7.11 Å². The van der Waals surface area contributed by atoms with Crippen LogP contribution in [0.2, 0.25) is 0 Å². The van der Waals surface area contributed by atoms with E-state index in [2.05, 4.69) is 27.8 Å². The first-order valence-electron chi connectivity index (χ1n) is 4.83. The molecular weight excluding hydrogens is 256 g/mol. The Hall–Kier alpha value is -0.740. The molecule has 0 fully saturated rings. The summed E-state index contributed by atoms with van der Waals surface area (Å²) < 4.78 is 6.14. The van der Waals surface area contributed by atoms with Gasteiger partial charge in [-0.2, -0.15) is 0 Å². The summed E-state index contributed by atoms with van der Waals surface area (Å²) in [5.41, 5.74) is 7.57. The highest BCUT2D eigenvalue weighted by molar-refractivity contribution is 9.10. The van der Waals surface area contributed by atoms with Crippen LogP contribution in [0.15, 0.2) is 22.7 Å². The number of hydrogen-bond acceptors (Lipinski definition) is 3. The number of nitrogens with zero attached hydrogens (tertiary/aromatic N) is 1. The Bertz CT molecular complexity index is 330. The molecule has 0 saturated carbocycles. The molecule has 0 aliphatic carbocycles. The Labute approximate surface area is 99.3 Å². The lowest BCUT2D eigenvalue weighted by Gasteiger charge is -2.27. The zero-order valence-electron chi connectivity index (χ0n) is 9.33. The number of ether oxygens (including phenoxy) is 1. The van der Waals surface area contributed by atoms with Gasteiger partial charge in [0.05, 0.1) is 12.3 Å². The summed E-state index contributed by atoms with van der Waals surface area (Å²) in [5, 5.41) is 0. The van der Waals surface area contributed by atoms with E-state index in [9.17, 15) is 0 Å². The van der Waals surface area contributed by atoms with E-state index in [1.165, 1.54) is 0 Å². The van der Waals surface area contributed by atoms with Gasteiger partial charge >= 0.3 is 0 Å². The Morgan fingerprint density at radius 2 is 2.20 bits per heavy atom. The molecule has 0 heterocycles. The number of rotatable bonds is 4. The van der Waals surface area contributed by atoms with Crippen LogP contribution in [-0.2, 0) is 4.74 Å². The van der Waals surface area contributed by atoms with Crippen LogP contribution in [-0.4, -0.2) is 26.8 Å². The summed E-state index contributed by atoms with van der Waals surface area (Å²) in [6, 6.07) is 6.14. The van der Waals surface area contributed by atoms with Gasteiger partial charge in [0.1, 0.15) is 0 Å². The molecular formula is C11H17BrN2O. The average molecular weight is 273 g/mol. The normalized spacial score (nSPS) is 12.5. The molecule has 84 valence electrons. The maximum atomic E-state index is 5.69. The van der Waals surface area contributed by atoms with Crippen molar-refractivity contribution >= 4 is 27.3 Å². The maximum absolute atomic E-state index is 5.69. The van der Waals surface area contributed by atoms with Crippen molar-refractivity contribution in [2.75, 3.05) is 31.4 Å². The molecule has 1 aromatic carbocycles. The third-order valence-corrected chi connectivity index (χ3v) is 3.06. The Balaban J connectivity index is 2.86. The van der Waals surface area contributed by atoms with Crippen molar-refractivity contribution < 1.29 is 4.74 Å². The van der Waals surface area contributed by atoms with Crippen LogP contribution in [0.3, 0.4) is 0 Å². The first-order chi connectivity index (χ1) is 7.06. The zero-order valence-corrected chi connectivity index (χ0v) is 10.9. The molecule has 2 N–H and O–H groups in total. The van der Waals surface area contributed by atoms with Crippen molar-refractivity contribution in [1.29, 1.82) is 0 Å². The van der Waals surface area contributed by atoms with Crippen molar-refractivity contribution in [3.63, 3.8) is 0 Å². The quantitative estimate of drug-likeness (QED) is 0.857. The second-order valence-corrected chi connectivity index (χ2v) is 4.48. The van der Waals surface area contributed by atoms with E-state index in [4.69, 9.17) is 10.5 Å². The predicted octanol–water partition coefficient (Wildman–Crippen LogP) is 2.50. The van der Waals surface area contributed by atoms with Crippen LogP contribution in [0.4, 0.5) is 11.4 Å². The van der Waals surface area contributed by atoms with Gasteiger partial charge in [-0.15, -0.1) is 0 Å². The van der Waals surface area contributed by atoms with E-state index in [0.29, 0.717) is 12.6 Å². The molecule has 1 unspecified atom stereocenters. The first kappa shape index (κ1) is 12.3. The molecule has 0 aromatic heterocycles.